The second-order valence-electron chi connectivity index (χ2n) is 2.44. The Bertz CT molecular complexity index is 87.8. The lowest BCUT2D eigenvalue weighted by atomic mass is 10.1. The molecular weight excluding hydrogens is 164 g/mol. The Balaban J connectivity index is 3.50. The van der Waals surface area contributed by atoms with Gasteiger partial charge in [-0.05, 0) is 12.8 Å². The van der Waals surface area contributed by atoms with E-state index in [9.17, 15) is 0 Å². The lowest BCUT2D eigenvalue weighted by molar-refractivity contribution is 0.599. The summed E-state index contributed by atoms with van der Waals surface area (Å²) in [5.74, 6) is 0. The SMILES string of the molecule is CCC(S)C(S)CC(N)N. The molecule has 0 heterocycles. The Morgan fingerprint density at radius 1 is 1.20 bits per heavy atom. The Morgan fingerprint density at radius 2 is 1.70 bits per heavy atom. The van der Waals surface area contributed by atoms with E-state index in [4.69, 9.17) is 11.5 Å². The molecule has 0 aliphatic heterocycles. The van der Waals surface area contributed by atoms with Gasteiger partial charge < -0.3 is 11.5 Å². The van der Waals surface area contributed by atoms with Crippen LogP contribution in [0.15, 0.2) is 0 Å². The highest BCUT2D eigenvalue weighted by Crippen LogP contribution is 2.15. The van der Waals surface area contributed by atoms with Gasteiger partial charge in [-0.2, -0.15) is 25.3 Å². The smallest absolute Gasteiger partial charge is 0.0531 e. The first-order valence-corrected chi connectivity index (χ1v) is 4.48. The average molecular weight is 180 g/mol. The molecule has 0 amide bonds. The van der Waals surface area contributed by atoms with E-state index in [1.54, 1.807) is 0 Å². The molecule has 0 fully saturated rings. The fraction of sp³-hybridized carbons (Fsp3) is 1.00. The molecule has 0 aromatic carbocycles. The van der Waals surface area contributed by atoms with Crippen LogP contribution in [-0.2, 0) is 0 Å². The molecule has 2 atom stereocenters. The Morgan fingerprint density at radius 3 is 2.00 bits per heavy atom. The molecule has 0 spiro atoms. The van der Waals surface area contributed by atoms with Crippen LogP contribution in [0.1, 0.15) is 19.8 Å². The van der Waals surface area contributed by atoms with Crippen molar-refractivity contribution in [3.05, 3.63) is 0 Å². The van der Waals surface area contributed by atoms with Gasteiger partial charge in [0, 0.05) is 10.5 Å². The van der Waals surface area contributed by atoms with Crippen molar-refractivity contribution in [2.75, 3.05) is 0 Å². The summed E-state index contributed by atoms with van der Waals surface area (Å²) in [6, 6.07) is 0. The first kappa shape index (κ1) is 10.6. The normalized spacial score (nSPS) is 17.4. The number of hydrogen-bond donors (Lipinski definition) is 4. The van der Waals surface area contributed by atoms with Crippen LogP contribution in [0.25, 0.3) is 0 Å². The average Bonchev–Trinajstić information content (AvgIpc) is 1.85. The summed E-state index contributed by atoms with van der Waals surface area (Å²) in [6.07, 6.45) is 1.47. The molecule has 0 bridgehead atoms. The van der Waals surface area contributed by atoms with Gasteiger partial charge in [0.2, 0.25) is 0 Å². The van der Waals surface area contributed by atoms with Gasteiger partial charge in [0.15, 0.2) is 0 Å². The molecule has 10 heavy (non-hydrogen) atoms. The molecule has 2 unspecified atom stereocenters. The fourth-order valence-corrected chi connectivity index (χ4v) is 1.28. The van der Waals surface area contributed by atoms with E-state index in [0.29, 0.717) is 5.25 Å². The number of thiol groups is 2. The molecule has 4 N–H and O–H groups in total. The van der Waals surface area contributed by atoms with E-state index in [1.165, 1.54) is 0 Å². The van der Waals surface area contributed by atoms with Crippen molar-refractivity contribution >= 4 is 25.3 Å². The molecule has 0 radical (unpaired) electrons. The van der Waals surface area contributed by atoms with Crippen LogP contribution in [-0.4, -0.2) is 16.7 Å². The molecule has 0 aliphatic rings. The van der Waals surface area contributed by atoms with Crippen molar-refractivity contribution in [3.8, 4) is 0 Å². The van der Waals surface area contributed by atoms with Gasteiger partial charge in [0.25, 0.3) is 0 Å². The summed E-state index contributed by atoms with van der Waals surface area (Å²) in [6.45, 7) is 2.07. The quantitative estimate of drug-likeness (QED) is 0.379. The Hall–Kier alpha value is 0.620. The molecule has 4 heteroatoms. The highest BCUT2D eigenvalue weighted by molar-refractivity contribution is 7.85. The summed E-state index contributed by atoms with van der Waals surface area (Å²) < 4.78 is 0. The monoisotopic (exact) mass is 180 g/mol. The van der Waals surface area contributed by atoms with E-state index < -0.39 is 0 Å². The summed E-state index contributed by atoms with van der Waals surface area (Å²) in [4.78, 5) is 0. The Labute approximate surface area is 73.6 Å². The van der Waals surface area contributed by atoms with Crippen molar-refractivity contribution in [1.82, 2.24) is 0 Å². The predicted octanol–water partition coefficient (Wildman–Crippen LogP) is 0.627. The summed E-state index contributed by atoms with van der Waals surface area (Å²) in [5, 5.41) is 0.520. The second kappa shape index (κ2) is 5.29. The zero-order valence-corrected chi connectivity index (χ0v) is 7.98. The van der Waals surface area contributed by atoms with Gasteiger partial charge in [0.1, 0.15) is 0 Å². The summed E-state index contributed by atoms with van der Waals surface area (Å²) in [5.41, 5.74) is 10.8. The summed E-state index contributed by atoms with van der Waals surface area (Å²) >= 11 is 8.62. The van der Waals surface area contributed by atoms with Crippen molar-refractivity contribution in [2.45, 2.75) is 36.4 Å². The topological polar surface area (TPSA) is 52.0 Å². The van der Waals surface area contributed by atoms with Gasteiger partial charge in [-0.15, -0.1) is 0 Å². The van der Waals surface area contributed by atoms with Gasteiger partial charge in [-0.1, -0.05) is 6.92 Å². The maximum atomic E-state index is 5.38. The largest absolute Gasteiger partial charge is 0.316 e. The molecule has 0 saturated heterocycles. The fourth-order valence-electron chi connectivity index (χ4n) is 0.708. The van der Waals surface area contributed by atoms with Gasteiger partial charge in [-0.3, -0.25) is 0 Å². The summed E-state index contributed by atoms with van der Waals surface area (Å²) in [7, 11) is 0. The maximum Gasteiger partial charge on any atom is 0.0531 e. The van der Waals surface area contributed by atoms with Crippen LogP contribution >= 0.6 is 25.3 Å². The molecule has 0 aromatic rings. The molecular formula is C6H16N2S2. The minimum absolute atomic E-state index is 0.216. The van der Waals surface area contributed by atoms with Gasteiger partial charge in [-0.25, -0.2) is 0 Å². The Kier molecular flexibility index (Phi) is 5.62. The first-order valence-electron chi connectivity index (χ1n) is 3.45. The standard InChI is InChI=1S/C6H16N2S2/c1-2-4(9)5(10)3-6(7)8/h4-6,9-10H,2-3,7-8H2,1H3. The second-order valence-corrected chi connectivity index (χ2v) is 3.77. The third-order valence-electron chi connectivity index (χ3n) is 1.38. The van der Waals surface area contributed by atoms with E-state index in [2.05, 4.69) is 32.2 Å². The minimum Gasteiger partial charge on any atom is -0.316 e. The van der Waals surface area contributed by atoms with Crippen LogP contribution in [0.2, 0.25) is 0 Å². The predicted molar refractivity (Wildman–Crippen MR) is 52.6 cm³/mol. The molecule has 2 nitrogen and oxygen atoms in total. The number of rotatable bonds is 4. The number of hydrogen-bond acceptors (Lipinski definition) is 4. The van der Waals surface area contributed by atoms with E-state index >= 15 is 0 Å². The third kappa shape index (κ3) is 4.44. The van der Waals surface area contributed by atoms with E-state index in [0.717, 1.165) is 12.8 Å². The van der Waals surface area contributed by atoms with Crippen LogP contribution in [0.3, 0.4) is 0 Å². The van der Waals surface area contributed by atoms with E-state index in [1.807, 2.05) is 0 Å². The van der Waals surface area contributed by atoms with Crippen LogP contribution in [0.4, 0.5) is 0 Å². The van der Waals surface area contributed by atoms with Crippen LogP contribution in [0, 0.1) is 0 Å². The minimum atomic E-state index is -0.260. The van der Waals surface area contributed by atoms with Crippen molar-refractivity contribution < 1.29 is 0 Å². The maximum absolute atomic E-state index is 5.38. The molecule has 0 saturated carbocycles. The lowest BCUT2D eigenvalue weighted by Gasteiger charge is -2.17. The van der Waals surface area contributed by atoms with Crippen LogP contribution in [0.5, 0.6) is 0 Å². The van der Waals surface area contributed by atoms with E-state index in [-0.39, 0.29) is 11.4 Å². The van der Waals surface area contributed by atoms with Gasteiger partial charge >= 0.3 is 0 Å². The highest BCUT2D eigenvalue weighted by Gasteiger charge is 2.13. The van der Waals surface area contributed by atoms with Crippen molar-refractivity contribution in [3.63, 3.8) is 0 Å². The van der Waals surface area contributed by atoms with Crippen LogP contribution < -0.4 is 11.5 Å². The zero-order chi connectivity index (χ0) is 8.15. The molecule has 0 rings (SSSR count). The van der Waals surface area contributed by atoms with Crippen molar-refractivity contribution in [2.24, 2.45) is 11.5 Å². The lowest BCUT2D eigenvalue weighted by Crippen LogP contribution is -2.35. The number of nitrogens with two attached hydrogens (primary N) is 2. The first-order chi connectivity index (χ1) is 4.57. The van der Waals surface area contributed by atoms with Crippen molar-refractivity contribution in [1.29, 1.82) is 0 Å². The third-order valence-corrected chi connectivity index (χ3v) is 2.91. The molecule has 0 aromatic heterocycles. The molecule has 0 aliphatic carbocycles. The molecule has 62 valence electrons. The van der Waals surface area contributed by atoms with Gasteiger partial charge in [0.05, 0.1) is 6.17 Å². The highest BCUT2D eigenvalue weighted by atomic mass is 32.1. The zero-order valence-electron chi connectivity index (χ0n) is 6.20.